The molecule has 0 aliphatic heterocycles. The van der Waals surface area contributed by atoms with Gasteiger partial charge in [0.15, 0.2) is 0 Å². The molecule has 0 aromatic carbocycles. The van der Waals surface area contributed by atoms with Crippen LogP contribution in [0.25, 0.3) is 0 Å². The molecular weight excluding hydrogens is 174 g/mol. The third-order valence-corrected chi connectivity index (χ3v) is 2.12. The summed E-state index contributed by atoms with van der Waals surface area (Å²) in [7, 11) is 0. The first-order chi connectivity index (χ1) is 6.60. The Morgan fingerprint density at radius 3 is 2.50 bits per heavy atom. The van der Waals surface area contributed by atoms with Gasteiger partial charge in [-0.15, -0.1) is 5.92 Å². The van der Waals surface area contributed by atoms with E-state index in [1.165, 1.54) is 0 Å². The lowest BCUT2D eigenvalue weighted by molar-refractivity contribution is -0.119. The number of carbonyl (C=O) groups excluding carboxylic acids is 1. The number of nitrogens with two attached hydrogens (primary N) is 1. The lowest BCUT2D eigenvalue weighted by atomic mass is 9.92. The van der Waals surface area contributed by atoms with Gasteiger partial charge in [-0.25, -0.2) is 0 Å². The first-order valence-electron chi connectivity index (χ1n) is 5.21. The summed E-state index contributed by atoms with van der Waals surface area (Å²) in [5, 5.41) is 0. The van der Waals surface area contributed by atoms with E-state index in [4.69, 9.17) is 5.73 Å². The summed E-state index contributed by atoms with van der Waals surface area (Å²) in [6, 6.07) is 0. The molecule has 0 aliphatic carbocycles. The molecule has 0 spiro atoms. The van der Waals surface area contributed by atoms with Crippen LogP contribution in [0.3, 0.4) is 0 Å². The SMILES string of the molecule is CC#CCC(=O)CC(CN)CC(C)C. The van der Waals surface area contributed by atoms with E-state index in [2.05, 4.69) is 25.7 Å². The Kier molecular flexibility index (Phi) is 7.14. The number of rotatable bonds is 6. The summed E-state index contributed by atoms with van der Waals surface area (Å²) >= 11 is 0. The van der Waals surface area contributed by atoms with Gasteiger partial charge in [0.2, 0.25) is 0 Å². The van der Waals surface area contributed by atoms with Crippen molar-refractivity contribution < 1.29 is 4.79 Å². The fraction of sp³-hybridized carbons (Fsp3) is 0.750. The molecule has 0 aromatic heterocycles. The van der Waals surface area contributed by atoms with Crippen molar-refractivity contribution in [2.75, 3.05) is 6.54 Å². The van der Waals surface area contributed by atoms with E-state index in [0.717, 1.165) is 6.42 Å². The zero-order valence-electron chi connectivity index (χ0n) is 9.47. The van der Waals surface area contributed by atoms with Crippen molar-refractivity contribution in [1.82, 2.24) is 0 Å². The summed E-state index contributed by atoms with van der Waals surface area (Å²) in [5.74, 6) is 6.68. The molecule has 1 unspecified atom stereocenters. The normalized spacial score (nSPS) is 12.1. The quantitative estimate of drug-likeness (QED) is 0.658. The molecule has 0 rings (SSSR count). The number of hydrogen-bond donors (Lipinski definition) is 1. The molecule has 80 valence electrons. The predicted molar refractivity (Wildman–Crippen MR) is 59.7 cm³/mol. The van der Waals surface area contributed by atoms with E-state index >= 15 is 0 Å². The summed E-state index contributed by atoms with van der Waals surface area (Å²) in [5.41, 5.74) is 5.61. The van der Waals surface area contributed by atoms with Gasteiger partial charge in [0.1, 0.15) is 5.78 Å². The van der Waals surface area contributed by atoms with Gasteiger partial charge >= 0.3 is 0 Å². The monoisotopic (exact) mass is 195 g/mol. The molecule has 0 saturated carbocycles. The lowest BCUT2D eigenvalue weighted by Crippen LogP contribution is -2.19. The second-order valence-corrected chi connectivity index (χ2v) is 4.08. The van der Waals surface area contributed by atoms with Gasteiger partial charge in [0.05, 0.1) is 6.42 Å². The second kappa shape index (κ2) is 7.58. The maximum Gasteiger partial charge on any atom is 0.145 e. The molecular formula is C12H21NO. The van der Waals surface area contributed by atoms with E-state index in [-0.39, 0.29) is 5.78 Å². The highest BCUT2D eigenvalue weighted by atomic mass is 16.1. The molecule has 2 nitrogen and oxygen atoms in total. The number of carbonyl (C=O) groups is 1. The van der Waals surface area contributed by atoms with Gasteiger partial charge in [-0.3, -0.25) is 4.79 Å². The van der Waals surface area contributed by atoms with Crippen molar-refractivity contribution in [3.05, 3.63) is 0 Å². The maximum atomic E-state index is 11.4. The van der Waals surface area contributed by atoms with Crippen molar-refractivity contribution in [2.45, 2.75) is 40.0 Å². The van der Waals surface area contributed by atoms with Crippen molar-refractivity contribution in [3.63, 3.8) is 0 Å². The Hall–Kier alpha value is -0.810. The average Bonchev–Trinajstić information content (AvgIpc) is 2.12. The summed E-state index contributed by atoms with van der Waals surface area (Å²) < 4.78 is 0. The predicted octanol–water partition coefficient (Wildman–Crippen LogP) is 1.98. The first-order valence-corrected chi connectivity index (χ1v) is 5.21. The minimum atomic E-state index is 0.218. The first kappa shape index (κ1) is 13.2. The van der Waals surface area contributed by atoms with Crippen molar-refractivity contribution in [3.8, 4) is 11.8 Å². The third-order valence-electron chi connectivity index (χ3n) is 2.12. The van der Waals surface area contributed by atoms with E-state index in [0.29, 0.717) is 31.2 Å². The van der Waals surface area contributed by atoms with Gasteiger partial charge in [0.25, 0.3) is 0 Å². The molecule has 2 heteroatoms. The second-order valence-electron chi connectivity index (χ2n) is 4.08. The zero-order valence-corrected chi connectivity index (χ0v) is 9.47. The van der Waals surface area contributed by atoms with Gasteiger partial charge in [0, 0.05) is 6.42 Å². The highest BCUT2D eigenvalue weighted by Gasteiger charge is 2.12. The highest BCUT2D eigenvalue weighted by Crippen LogP contribution is 2.15. The topological polar surface area (TPSA) is 43.1 Å². The van der Waals surface area contributed by atoms with E-state index in [9.17, 15) is 4.79 Å². The third kappa shape index (κ3) is 6.68. The largest absolute Gasteiger partial charge is 0.330 e. The van der Waals surface area contributed by atoms with Gasteiger partial charge < -0.3 is 5.73 Å². The van der Waals surface area contributed by atoms with Gasteiger partial charge in [-0.2, -0.15) is 0 Å². The maximum absolute atomic E-state index is 11.4. The number of ketones is 1. The van der Waals surface area contributed by atoms with E-state index in [1.807, 2.05) is 0 Å². The molecule has 0 amide bonds. The number of Topliss-reactive ketones (excluding diaryl/α,β-unsaturated/α-hetero) is 1. The summed E-state index contributed by atoms with van der Waals surface area (Å²) in [6.45, 7) is 6.66. The van der Waals surface area contributed by atoms with Crippen LogP contribution in [0.15, 0.2) is 0 Å². The van der Waals surface area contributed by atoms with Crippen LogP contribution in [0.5, 0.6) is 0 Å². The fourth-order valence-corrected chi connectivity index (χ4v) is 1.51. The molecule has 0 saturated heterocycles. The molecule has 0 aliphatic rings. The van der Waals surface area contributed by atoms with Crippen LogP contribution in [-0.2, 0) is 4.79 Å². The number of hydrogen-bond acceptors (Lipinski definition) is 2. The molecule has 0 radical (unpaired) electrons. The zero-order chi connectivity index (χ0) is 11.0. The Balaban J connectivity index is 3.89. The molecule has 0 bridgehead atoms. The Morgan fingerprint density at radius 2 is 2.07 bits per heavy atom. The smallest absolute Gasteiger partial charge is 0.145 e. The average molecular weight is 195 g/mol. The summed E-state index contributed by atoms with van der Waals surface area (Å²) in [6.07, 6.45) is 2.00. The molecule has 0 fully saturated rings. The fourth-order valence-electron chi connectivity index (χ4n) is 1.51. The lowest BCUT2D eigenvalue weighted by Gasteiger charge is -2.15. The van der Waals surface area contributed by atoms with Crippen LogP contribution < -0.4 is 5.73 Å². The van der Waals surface area contributed by atoms with Crippen molar-refractivity contribution in [2.24, 2.45) is 17.6 Å². The molecule has 2 N–H and O–H groups in total. The van der Waals surface area contributed by atoms with Gasteiger partial charge in [-0.05, 0) is 31.7 Å². The minimum absolute atomic E-state index is 0.218. The van der Waals surface area contributed by atoms with Crippen LogP contribution in [-0.4, -0.2) is 12.3 Å². The van der Waals surface area contributed by atoms with Crippen LogP contribution in [0.4, 0.5) is 0 Å². The Bertz CT molecular complexity index is 222. The summed E-state index contributed by atoms with van der Waals surface area (Å²) in [4.78, 5) is 11.4. The van der Waals surface area contributed by atoms with Crippen LogP contribution >= 0.6 is 0 Å². The van der Waals surface area contributed by atoms with E-state index in [1.54, 1.807) is 6.92 Å². The minimum Gasteiger partial charge on any atom is -0.330 e. The van der Waals surface area contributed by atoms with E-state index < -0.39 is 0 Å². The molecule has 1 atom stereocenters. The molecule has 0 heterocycles. The Morgan fingerprint density at radius 1 is 1.43 bits per heavy atom. The van der Waals surface area contributed by atoms with Crippen LogP contribution in [0.2, 0.25) is 0 Å². The molecule has 14 heavy (non-hydrogen) atoms. The highest BCUT2D eigenvalue weighted by molar-refractivity contribution is 5.81. The molecule has 0 aromatic rings. The van der Waals surface area contributed by atoms with Crippen molar-refractivity contribution >= 4 is 5.78 Å². The van der Waals surface area contributed by atoms with Crippen molar-refractivity contribution in [1.29, 1.82) is 0 Å². The van der Waals surface area contributed by atoms with Gasteiger partial charge in [-0.1, -0.05) is 19.8 Å². The van der Waals surface area contributed by atoms with Crippen LogP contribution in [0.1, 0.15) is 40.0 Å². The van der Waals surface area contributed by atoms with Crippen LogP contribution in [0, 0.1) is 23.7 Å². The standard InChI is InChI=1S/C12H21NO/c1-4-5-6-12(14)8-11(9-13)7-10(2)3/h10-11H,6-9,13H2,1-3H3. The Labute approximate surface area is 87.3 Å².